The first-order valence-electron chi connectivity index (χ1n) is 10.8. The zero-order chi connectivity index (χ0) is 26.2. The van der Waals surface area contributed by atoms with E-state index < -0.39 is 0 Å². The van der Waals surface area contributed by atoms with Crippen molar-refractivity contribution in [2.75, 3.05) is 33.8 Å². The molecule has 0 fully saturated rings. The predicted molar refractivity (Wildman–Crippen MR) is 144 cm³/mol. The quantitative estimate of drug-likeness (QED) is 0.157. The normalized spacial score (nSPS) is 11.0. The maximum absolute atomic E-state index is 12.5. The number of benzene rings is 3. The summed E-state index contributed by atoms with van der Waals surface area (Å²) >= 11 is 0. The van der Waals surface area contributed by atoms with Crippen LogP contribution in [0.1, 0.15) is 21.5 Å². The number of rotatable bonds is 10. The number of carbonyl (C=O) groups excluding carboxylic acids is 1. The van der Waals surface area contributed by atoms with Gasteiger partial charge >= 0.3 is 0 Å². The van der Waals surface area contributed by atoms with E-state index in [0.717, 1.165) is 16.4 Å². The highest BCUT2D eigenvalue weighted by molar-refractivity contribution is 7.27. The molecule has 0 spiro atoms. The van der Waals surface area contributed by atoms with Crippen molar-refractivity contribution < 1.29 is 34.0 Å². The van der Waals surface area contributed by atoms with Gasteiger partial charge in [0.2, 0.25) is 5.75 Å². The predicted octanol–water partition coefficient (Wildman–Crippen LogP) is 4.61. The lowest BCUT2D eigenvalue weighted by atomic mass is 10.1. The van der Waals surface area contributed by atoms with Crippen LogP contribution in [0.2, 0.25) is 0 Å². The molecular weight excluding hydrogens is 481 g/mol. The highest BCUT2D eigenvalue weighted by Crippen LogP contribution is 2.38. The Morgan fingerprint density at radius 1 is 0.806 bits per heavy atom. The minimum Gasteiger partial charge on any atom is -0.504 e. The largest absolute Gasteiger partial charge is 0.504 e. The van der Waals surface area contributed by atoms with E-state index in [9.17, 15) is 15.0 Å². The summed E-state index contributed by atoms with van der Waals surface area (Å²) in [6.07, 6.45) is 6.59. The molecule has 0 aliphatic carbocycles. The Kier molecular flexibility index (Phi) is 8.81. The van der Waals surface area contributed by atoms with Crippen LogP contribution in [0.15, 0.2) is 54.7 Å². The van der Waals surface area contributed by atoms with Crippen LogP contribution in [0.5, 0.6) is 34.5 Å². The third-order valence-electron chi connectivity index (χ3n) is 5.23. The monoisotopic (exact) mass is 509 g/mol. The van der Waals surface area contributed by atoms with Gasteiger partial charge in [-0.3, -0.25) is 4.79 Å². The molecule has 0 amide bonds. The second kappa shape index (κ2) is 12.0. The van der Waals surface area contributed by atoms with Crippen molar-refractivity contribution in [3.63, 3.8) is 0 Å². The molecule has 0 saturated heterocycles. The SMILES string of the molecule is COc1cc(C(=O)/C=C\Nc2cc(/C=C\c3cc(O)c(OC)c(OC)c3)cc(P)c2OC)ccc1O. The molecule has 0 saturated carbocycles. The Hall–Kier alpha value is -4.16. The molecule has 36 heavy (non-hydrogen) atoms. The Morgan fingerprint density at radius 2 is 1.47 bits per heavy atom. The molecule has 0 bridgehead atoms. The summed E-state index contributed by atoms with van der Waals surface area (Å²) in [5.74, 6) is 1.17. The van der Waals surface area contributed by atoms with Gasteiger partial charge in [-0.25, -0.2) is 0 Å². The second-order valence-electron chi connectivity index (χ2n) is 7.53. The van der Waals surface area contributed by atoms with E-state index in [2.05, 4.69) is 14.6 Å². The van der Waals surface area contributed by atoms with Gasteiger partial charge in [-0.2, -0.15) is 0 Å². The van der Waals surface area contributed by atoms with Crippen molar-refractivity contribution in [1.82, 2.24) is 0 Å². The van der Waals surface area contributed by atoms with Gasteiger partial charge in [0, 0.05) is 23.1 Å². The molecule has 1 atom stereocenters. The third-order valence-corrected chi connectivity index (χ3v) is 5.66. The van der Waals surface area contributed by atoms with Gasteiger partial charge in [-0.15, -0.1) is 9.24 Å². The van der Waals surface area contributed by atoms with Crippen molar-refractivity contribution in [2.45, 2.75) is 0 Å². The highest BCUT2D eigenvalue weighted by atomic mass is 31.0. The summed E-state index contributed by atoms with van der Waals surface area (Å²) in [6.45, 7) is 0. The van der Waals surface area contributed by atoms with Gasteiger partial charge in [0.15, 0.2) is 28.8 Å². The van der Waals surface area contributed by atoms with Crippen molar-refractivity contribution in [3.8, 4) is 34.5 Å². The average molecular weight is 509 g/mol. The van der Waals surface area contributed by atoms with Crippen molar-refractivity contribution in [2.24, 2.45) is 0 Å². The maximum Gasteiger partial charge on any atom is 0.203 e. The van der Waals surface area contributed by atoms with E-state index >= 15 is 0 Å². The molecule has 188 valence electrons. The minimum atomic E-state index is -0.268. The van der Waals surface area contributed by atoms with Crippen molar-refractivity contribution in [3.05, 3.63) is 71.4 Å². The number of ether oxygens (including phenoxy) is 4. The standard InChI is InChI=1S/C27H28NO7P/c1-32-23-15-18(7-8-21(23)30)20(29)9-10-28-19-11-16(14-25(36)26(19)34-3)5-6-17-12-22(31)27(35-4)24(13-17)33-2/h5-15,28,30-31H,36H2,1-4H3/b6-5-,10-9-. The first kappa shape index (κ1) is 26.4. The fourth-order valence-electron chi connectivity index (χ4n) is 3.49. The Bertz CT molecular complexity index is 1320. The van der Waals surface area contributed by atoms with E-state index in [1.165, 1.54) is 51.8 Å². The molecule has 0 radical (unpaired) electrons. The van der Waals surface area contributed by atoms with Gasteiger partial charge in [0.05, 0.1) is 34.1 Å². The molecule has 0 aliphatic rings. The van der Waals surface area contributed by atoms with Gasteiger partial charge in [0.25, 0.3) is 0 Å². The molecule has 3 N–H and O–H groups in total. The van der Waals surface area contributed by atoms with E-state index in [1.807, 2.05) is 24.3 Å². The summed E-state index contributed by atoms with van der Waals surface area (Å²) in [4.78, 5) is 12.5. The fraction of sp³-hybridized carbons (Fsp3) is 0.148. The van der Waals surface area contributed by atoms with Crippen LogP contribution in [-0.2, 0) is 0 Å². The lowest BCUT2D eigenvalue weighted by Gasteiger charge is -2.13. The Morgan fingerprint density at radius 3 is 2.11 bits per heavy atom. The molecule has 3 rings (SSSR count). The molecule has 1 unspecified atom stereocenters. The van der Waals surface area contributed by atoms with Crippen molar-refractivity contribution in [1.29, 1.82) is 0 Å². The number of nitrogens with one attached hydrogen (secondary N) is 1. The van der Waals surface area contributed by atoms with Crippen LogP contribution in [0, 0.1) is 0 Å². The number of methoxy groups -OCH3 is 4. The summed E-state index contributed by atoms with van der Waals surface area (Å²) in [5, 5.41) is 23.8. The van der Waals surface area contributed by atoms with E-state index in [-0.39, 0.29) is 28.8 Å². The first-order chi connectivity index (χ1) is 17.3. The zero-order valence-corrected chi connectivity index (χ0v) is 21.5. The number of anilines is 1. The van der Waals surface area contributed by atoms with E-state index in [1.54, 1.807) is 19.2 Å². The lowest BCUT2D eigenvalue weighted by molar-refractivity contribution is 0.104. The molecule has 3 aromatic carbocycles. The van der Waals surface area contributed by atoms with Gasteiger partial charge in [-0.1, -0.05) is 12.2 Å². The number of hydrogen-bond donors (Lipinski definition) is 3. The van der Waals surface area contributed by atoms with Gasteiger partial charge in [0.1, 0.15) is 5.75 Å². The molecule has 0 aromatic heterocycles. The highest BCUT2D eigenvalue weighted by Gasteiger charge is 2.12. The number of allylic oxidation sites excluding steroid dienone is 1. The smallest absolute Gasteiger partial charge is 0.203 e. The molecule has 8 nitrogen and oxygen atoms in total. The third kappa shape index (κ3) is 6.09. The molecule has 3 aromatic rings. The van der Waals surface area contributed by atoms with Crippen molar-refractivity contribution >= 4 is 38.2 Å². The van der Waals surface area contributed by atoms with Crippen LogP contribution in [0.3, 0.4) is 0 Å². The Labute approximate surface area is 212 Å². The van der Waals surface area contributed by atoms with Gasteiger partial charge < -0.3 is 34.5 Å². The van der Waals surface area contributed by atoms with Crippen LogP contribution < -0.4 is 29.6 Å². The molecule has 0 heterocycles. The molecular formula is C27H28NO7P. The topological polar surface area (TPSA) is 106 Å². The lowest BCUT2D eigenvalue weighted by Crippen LogP contribution is -2.04. The molecule has 0 aliphatic heterocycles. The number of aromatic hydroxyl groups is 2. The number of ketones is 1. The van der Waals surface area contributed by atoms with Crippen LogP contribution >= 0.6 is 9.24 Å². The summed E-state index contributed by atoms with van der Waals surface area (Å²) < 4.78 is 21.0. The zero-order valence-electron chi connectivity index (χ0n) is 20.4. The van der Waals surface area contributed by atoms with Crippen LogP contribution in [0.25, 0.3) is 12.2 Å². The first-order valence-corrected chi connectivity index (χ1v) is 11.3. The molecule has 9 heteroatoms. The number of hydrogen-bond acceptors (Lipinski definition) is 8. The average Bonchev–Trinajstić information content (AvgIpc) is 2.87. The van der Waals surface area contributed by atoms with Gasteiger partial charge in [-0.05, 0) is 53.6 Å². The van der Waals surface area contributed by atoms with Crippen LogP contribution in [-0.4, -0.2) is 44.4 Å². The summed E-state index contributed by atoms with van der Waals surface area (Å²) in [7, 11) is 8.57. The number of carbonyl (C=O) groups is 1. The number of phenols is 2. The summed E-state index contributed by atoms with van der Waals surface area (Å²) in [5.41, 5.74) is 2.58. The van der Waals surface area contributed by atoms with E-state index in [0.29, 0.717) is 22.7 Å². The summed E-state index contributed by atoms with van der Waals surface area (Å²) in [6, 6.07) is 11.5. The minimum absolute atomic E-state index is 0.0265. The number of phenolic OH excluding ortho intramolecular Hbond substituents is 2. The fourth-order valence-corrected chi connectivity index (χ4v) is 3.96. The Balaban J connectivity index is 1.83. The second-order valence-corrected chi connectivity index (χ2v) is 8.15. The maximum atomic E-state index is 12.5. The van der Waals surface area contributed by atoms with E-state index in [4.69, 9.17) is 18.9 Å². The van der Waals surface area contributed by atoms with Crippen LogP contribution in [0.4, 0.5) is 5.69 Å².